The summed E-state index contributed by atoms with van der Waals surface area (Å²) in [5, 5.41) is 4.55. The molecule has 1 fully saturated rings. The molecule has 0 atom stereocenters. The highest BCUT2D eigenvalue weighted by Gasteiger charge is 2.24. The van der Waals surface area contributed by atoms with Crippen molar-refractivity contribution >= 4 is 29.4 Å². The van der Waals surface area contributed by atoms with Crippen LogP contribution < -0.4 is 5.32 Å². The minimum Gasteiger partial charge on any atom is -0.367 e. The molecule has 4 nitrogen and oxygen atoms in total. The first kappa shape index (κ1) is 15.5. The maximum Gasteiger partial charge on any atom is 0.155 e. The average molecular weight is 317 g/mol. The van der Waals surface area contributed by atoms with Crippen molar-refractivity contribution < 1.29 is 4.79 Å². The Morgan fingerprint density at radius 2 is 2.14 bits per heavy atom. The lowest BCUT2D eigenvalue weighted by Gasteiger charge is -2.20. The van der Waals surface area contributed by atoms with E-state index in [1.54, 1.807) is 11.8 Å². The number of hydrogen-bond donors (Lipinski definition) is 1. The molecule has 0 aromatic carbocycles. The van der Waals surface area contributed by atoms with Crippen molar-refractivity contribution in [2.24, 2.45) is 0 Å². The first-order valence-electron chi connectivity index (χ1n) is 8.24. The molecule has 2 aliphatic rings. The average Bonchev–Trinajstić information content (AvgIpc) is 3.01. The van der Waals surface area contributed by atoms with Gasteiger partial charge in [0.05, 0.1) is 5.75 Å². The molecule has 1 aromatic rings. The number of rotatable bonds is 5. The van der Waals surface area contributed by atoms with Gasteiger partial charge in [0.25, 0.3) is 0 Å². The molecule has 2 heterocycles. The zero-order valence-electron chi connectivity index (χ0n) is 13.1. The van der Waals surface area contributed by atoms with E-state index in [1.807, 2.05) is 6.08 Å². The van der Waals surface area contributed by atoms with Crippen LogP contribution in [-0.2, 0) is 11.2 Å². The number of Topliss-reactive ketones (excluding diaryl/α,β-unsaturated/α-hetero) is 1. The summed E-state index contributed by atoms with van der Waals surface area (Å²) in [6.07, 6.45) is 11.7. The minimum absolute atomic E-state index is 0.268. The van der Waals surface area contributed by atoms with E-state index in [9.17, 15) is 4.79 Å². The third kappa shape index (κ3) is 3.69. The fourth-order valence-electron chi connectivity index (χ4n) is 2.97. The monoisotopic (exact) mass is 317 g/mol. The molecule has 3 rings (SSSR count). The SMILES string of the molecule is CCC/C=C/c1nc(NC2CCCC2)c2c(n1)SCC(=O)C2. The van der Waals surface area contributed by atoms with Crippen LogP contribution in [0.2, 0.25) is 0 Å². The van der Waals surface area contributed by atoms with Gasteiger partial charge in [-0.1, -0.05) is 44.0 Å². The van der Waals surface area contributed by atoms with Crippen molar-refractivity contribution in [3.8, 4) is 0 Å². The summed E-state index contributed by atoms with van der Waals surface area (Å²) in [6, 6.07) is 0.494. The smallest absolute Gasteiger partial charge is 0.155 e. The predicted molar refractivity (Wildman–Crippen MR) is 91.3 cm³/mol. The van der Waals surface area contributed by atoms with E-state index >= 15 is 0 Å². The van der Waals surface area contributed by atoms with Gasteiger partial charge in [-0.25, -0.2) is 9.97 Å². The second kappa shape index (κ2) is 7.27. The third-order valence-electron chi connectivity index (χ3n) is 4.15. The predicted octanol–water partition coefficient (Wildman–Crippen LogP) is 3.86. The number of carbonyl (C=O) groups is 1. The van der Waals surface area contributed by atoms with Crippen molar-refractivity contribution in [1.29, 1.82) is 0 Å². The van der Waals surface area contributed by atoms with Gasteiger partial charge >= 0.3 is 0 Å². The Hall–Kier alpha value is -1.36. The normalized spacial score (nSPS) is 18.9. The van der Waals surface area contributed by atoms with Crippen LogP contribution in [0.25, 0.3) is 6.08 Å². The summed E-state index contributed by atoms with van der Waals surface area (Å²) in [5.41, 5.74) is 1.00. The van der Waals surface area contributed by atoms with Gasteiger partial charge in [-0.05, 0) is 25.3 Å². The molecular formula is C17H23N3OS. The van der Waals surface area contributed by atoms with Gasteiger partial charge in [0, 0.05) is 18.0 Å². The van der Waals surface area contributed by atoms with E-state index in [0.717, 1.165) is 35.1 Å². The maximum absolute atomic E-state index is 11.8. The number of thioether (sulfide) groups is 1. The molecule has 1 aromatic heterocycles. The zero-order chi connectivity index (χ0) is 15.4. The van der Waals surface area contributed by atoms with Crippen molar-refractivity contribution in [2.45, 2.75) is 62.9 Å². The molecule has 0 radical (unpaired) electrons. The summed E-state index contributed by atoms with van der Waals surface area (Å²) < 4.78 is 0. The van der Waals surface area contributed by atoms with Gasteiger partial charge in [0.2, 0.25) is 0 Å². The molecule has 5 heteroatoms. The summed E-state index contributed by atoms with van der Waals surface area (Å²) in [4.78, 5) is 21.1. The summed E-state index contributed by atoms with van der Waals surface area (Å²) >= 11 is 1.55. The Morgan fingerprint density at radius 3 is 2.91 bits per heavy atom. The van der Waals surface area contributed by atoms with Crippen LogP contribution in [0.1, 0.15) is 56.8 Å². The Bertz CT molecular complexity index is 580. The standard InChI is InChI=1S/C17H23N3OS/c1-2-3-4-9-15-19-16(18-12-7-5-6-8-12)14-10-13(21)11-22-17(14)20-15/h4,9,12H,2-3,5-8,10-11H2,1H3,(H,18,19,20)/b9-4+. The zero-order valence-corrected chi connectivity index (χ0v) is 13.9. The lowest BCUT2D eigenvalue weighted by atomic mass is 10.1. The van der Waals surface area contributed by atoms with Gasteiger partial charge in [-0.3, -0.25) is 4.79 Å². The fraction of sp³-hybridized carbons (Fsp3) is 0.588. The number of allylic oxidation sites excluding steroid dienone is 1. The van der Waals surface area contributed by atoms with Crippen LogP contribution in [0.3, 0.4) is 0 Å². The molecule has 1 aliphatic carbocycles. The number of nitrogens with one attached hydrogen (secondary N) is 1. The molecule has 1 aliphatic heterocycles. The number of hydrogen-bond acceptors (Lipinski definition) is 5. The highest BCUT2D eigenvalue weighted by atomic mass is 32.2. The highest BCUT2D eigenvalue weighted by Crippen LogP contribution is 2.33. The molecule has 1 N–H and O–H groups in total. The molecule has 1 saturated carbocycles. The van der Waals surface area contributed by atoms with Gasteiger partial charge in [0.1, 0.15) is 16.6 Å². The second-order valence-electron chi connectivity index (χ2n) is 6.04. The first-order chi connectivity index (χ1) is 10.8. The molecule has 22 heavy (non-hydrogen) atoms. The number of aromatic nitrogens is 2. The summed E-state index contributed by atoms with van der Waals surface area (Å²) in [7, 11) is 0. The van der Waals surface area contributed by atoms with Gasteiger partial charge in [0.15, 0.2) is 5.82 Å². The Morgan fingerprint density at radius 1 is 1.32 bits per heavy atom. The largest absolute Gasteiger partial charge is 0.367 e. The molecule has 0 bridgehead atoms. The van der Waals surface area contributed by atoms with E-state index in [0.29, 0.717) is 18.2 Å². The van der Waals surface area contributed by atoms with Crippen LogP contribution in [0, 0.1) is 0 Å². The van der Waals surface area contributed by atoms with Crippen LogP contribution in [0.5, 0.6) is 0 Å². The van der Waals surface area contributed by atoms with Gasteiger partial charge in [-0.15, -0.1) is 0 Å². The molecule has 0 amide bonds. The van der Waals surface area contributed by atoms with E-state index in [1.165, 1.54) is 25.7 Å². The van der Waals surface area contributed by atoms with E-state index in [-0.39, 0.29) is 5.78 Å². The van der Waals surface area contributed by atoms with E-state index in [4.69, 9.17) is 0 Å². The minimum atomic E-state index is 0.268. The molecule has 0 saturated heterocycles. The van der Waals surface area contributed by atoms with Gasteiger partial charge in [-0.2, -0.15) is 0 Å². The van der Waals surface area contributed by atoms with Gasteiger partial charge < -0.3 is 5.32 Å². The number of ketones is 1. The number of anilines is 1. The Balaban J connectivity index is 1.89. The fourth-order valence-corrected chi connectivity index (χ4v) is 3.87. The summed E-state index contributed by atoms with van der Waals surface area (Å²) in [6.45, 7) is 2.16. The second-order valence-corrected chi connectivity index (χ2v) is 7.00. The number of nitrogens with zero attached hydrogens (tertiary/aromatic N) is 2. The molecule has 0 unspecified atom stereocenters. The Labute approximate surface area is 136 Å². The van der Waals surface area contributed by atoms with Crippen molar-refractivity contribution in [3.05, 3.63) is 17.5 Å². The Kier molecular flexibility index (Phi) is 5.13. The van der Waals surface area contributed by atoms with Crippen LogP contribution >= 0.6 is 11.8 Å². The van der Waals surface area contributed by atoms with Crippen molar-refractivity contribution in [1.82, 2.24) is 9.97 Å². The molecule has 118 valence electrons. The van der Waals surface area contributed by atoms with E-state index < -0.39 is 0 Å². The number of fused-ring (bicyclic) bond motifs is 1. The topological polar surface area (TPSA) is 54.9 Å². The van der Waals surface area contributed by atoms with Crippen LogP contribution in [0.15, 0.2) is 11.1 Å². The van der Waals surface area contributed by atoms with Crippen LogP contribution in [0.4, 0.5) is 5.82 Å². The third-order valence-corrected chi connectivity index (χ3v) is 5.23. The highest BCUT2D eigenvalue weighted by molar-refractivity contribution is 8.00. The number of unbranched alkanes of at least 4 members (excludes halogenated alkanes) is 1. The lowest BCUT2D eigenvalue weighted by molar-refractivity contribution is -0.116. The maximum atomic E-state index is 11.8. The van der Waals surface area contributed by atoms with Crippen molar-refractivity contribution in [2.75, 3.05) is 11.1 Å². The molecular weight excluding hydrogens is 294 g/mol. The number of carbonyl (C=O) groups excluding carboxylic acids is 1. The molecule has 0 spiro atoms. The lowest BCUT2D eigenvalue weighted by Crippen LogP contribution is -2.22. The van der Waals surface area contributed by atoms with E-state index in [2.05, 4.69) is 28.3 Å². The summed E-state index contributed by atoms with van der Waals surface area (Å²) in [5.74, 6) is 2.44. The van der Waals surface area contributed by atoms with Crippen LogP contribution in [-0.4, -0.2) is 27.5 Å². The quantitative estimate of drug-likeness (QED) is 0.836. The first-order valence-corrected chi connectivity index (χ1v) is 9.23. The van der Waals surface area contributed by atoms with Crippen molar-refractivity contribution in [3.63, 3.8) is 0 Å².